The molecule has 0 saturated heterocycles. The van der Waals surface area contributed by atoms with Crippen molar-refractivity contribution in [3.05, 3.63) is 24.0 Å². The van der Waals surface area contributed by atoms with Crippen LogP contribution >= 0.6 is 0 Å². The Bertz CT molecular complexity index is 400. The summed E-state index contributed by atoms with van der Waals surface area (Å²) in [6, 6.07) is 5.91. The zero-order chi connectivity index (χ0) is 12.1. The predicted molar refractivity (Wildman–Crippen MR) is 68.6 cm³/mol. The molecule has 0 bridgehead atoms. The van der Waals surface area contributed by atoms with Gasteiger partial charge in [0.2, 0.25) is 0 Å². The quantitative estimate of drug-likeness (QED) is 0.866. The minimum atomic E-state index is 0.497. The van der Waals surface area contributed by atoms with E-state index in [2.05, 4.69) is 23.3 Å². The highest BCUT2D eigenvalue weighted by atomic mass is 14.9. The van der Waals surface area contributed by atoms with E-state index in [0.29, 0.717) is 5.69 Å². The molecule has 0 radical (unpaired) electrons. The Morgan fingerprint density at radius 2 is 2.18 bits per heavy atom. The fourth-order valence-corrected chi connectivity index (χ4v) is 2.42. The molecule has 1 aromatic heterocycles. The van der Waals surface area contributed by atoms with Crippen molar-refractivity contribution in [2.24, 2.45) is 11.8 Å². The van der Waals surface area contributed by atoms with Gasteiger partial charge >= 0.3 is 0 Å². The molecule has 3 nitrogen and oxygen atoms in total. The molecule has 0 unspecified atom stereocenters. The maximum absolute atomic E-state index is 8.94. The maximum Gasteiger partial charge on any atom is 0.163 e. The van der Waals surface area contributed by atoms with Gasteiger partial charge in [-0.3, -0.25) is 0 Å². The Morgan fingerprint density at radius 3 is 2.88 bits per heavy atom. The van der Waals surface area contributed by atoms with Crippen LogP contribution in [-0.2, 0) is 0 Å². The summed E-state index contributed by atoms with van der Waals surface area (Å²) >= 11 is 0. The second-order valence-electron chi connectivity index (χ2n) is 5.02. The molecule has 17 heavy (non-hydrogen) atoms. The van der Waals surface area contributed by atoms with E-state index in [0.717, 1.165) is 24.1 Å². The highest BCUT2D eigenvalue weighted by Crippen LogP contribution is 2.28. The molecule has 0 aromatic carbocycles. The molecule has 0 aliphatic heterocycles. The van der Waals surface area contributed by atoms with Crippen LogP contribution in [0, 0.1) is 23.2 Å². The lowest BCUT2D eigenvalue weighted by Crippen LogP contribution is -2.20. The van der Waals surface area contributed by atoms with Crippen molar-refractivity contribution in [1.82, 2.24) is 4.98 Å². The van der Waals surface area contributed by atoms with E-state index >= 15 is 0 Å². The molecular formula is C14H19N3. The lowest BCUT2D eigenvalue weighted by molar-refractivity contribution is 0.300. The summed E-state index contributed by atoms with van der Waals surface area (Å²) in [4.78, 5) is 4.05. The van der Waals surface area contributed by atoms with Crippen molar-refractivity contribution < 1.29 is 0 Å². The van der Waals surface area contributed by atoms with Gasteiger partial charge in [-0.25, -0.2) is 4.98 Å². The van der Waals surface area contributed by atoms with E-state index in [1.165, 1.54) is 25.7 Å². The fraction of sp³-hybridized carbons (Fsp3) is 0.571. The molecule has 1 aliphatic rings. The van der Waals surface area contributed by atoms with Crippen molar-refractivity contribution in [2.45, 2.75) is 32.6 Å². The van der Waals surface area contributed by atoms with Gasteiger partial charge in [-0.1, -0.05) is 19.8 Å². The third kappa shape index (κ3) is 3.20. The summed E-state index contributed by atoms with van der Waals surface area (Å²) in [5.41, 5.74) is 1.37. The molecular weight excluding hydrogens is 210 g/mol. The summed E-state index contributed by atoms with van der Waals surface area (Å²) in [5, 5.41) is 12.3. The van der Waals surface area contributed by atoms with Crippen LogP contribution in [0.1, 0.15) is 38.3 Å². The van der Waals surface area contributed by atoms with E-state index in [1.807, 2.05) is 12.1 Å². The number of nitrogens with one attached hydrogen (secondary N) is 1. The van der Waals surface area contributed by atoms with Gasteiger partial charge in [-0.05, 0) is 36.8 Å². The second-order valence-corrected chi connectivity index (χ2v) is 5.02. The maximum atomic E-state index is 8.94. The van der Waals surface area contributed by atoms with Crippen molar-refractivity contribution in [3.8, 4) is 6.07 Å². The Kier molecular flexibility index (Phi) is 3.98. The first kappa shape index (κ1) is 11.9. The first-order valence-electron chi connectivity index (χ1n) is 6.38. The fourth-order valence-electron chi connectivity index (χ4n) is 2.42. The van der Waals surface area contributed by atoms with Gasteiger partial charge in [-0.15, -0.1) is 0 Å². The molecule has 1 heterocycles. The van der Waals surface area contributed by atoms with Gasteiger partial charge in [-0.2, -0.15) is 5.26 Å². The second kappa shape index (κ2) is 5.67. The number of hydrogen-bond donors (Lipinski definition) is 1. The van der Waals surface area contributed by atoms with Crippen LogP contribution in [-0.4, -0.2) is 11.5 Å². The van der Waals surface area contributed by atoms with Crippen LogP contribution in [0.25, 0.3) is 0 Å². The highest BCUT2D eigenvalue weighted by Gasteiger charge is 2.18. The lowest BCUT2D eigenvalue weighted by Gasteiger charge is -2.26. The molecule has 0 spiro atoms. The molecule has 1 saturated carbocycles. The summed E-state index contributed by atoms with van der Waals surface area (Å²) < 4.78 is 0. The standard InChI is InChI=1S/C14H19N3/c1-11-4-6-12(7-5-11)10-17-13-3-2-8-16-14(13)9-15/h2-3,8,11-12,17H,4-7,10H2,1H3. The zero-order valence-electron chi connectivity index (χ0n) is 10.3. The Balaban J connectivity index is 1.88. The Hall–Kier alpha value is -1.56. The summed E-state index contributed by atoms with van der Waals surface area (Å²) in [7, 11) is 0. The van der Waals surface area contributed by atoms with Gasteiger partial charge in [0.1, 0.15) is 6.07 Å². The van der Waals surface area contributed by atoms with Crippen molar-refractivity contribution in [3.63, 3.8) is 0 Å². The molecule has 2 rings (SSSR count). The lowest BCUT2D eigenvalue weighted by atomic mass is 9.83. The summed E-state index contributed by atoms with van der Waals surface area (Å²) in [6.07, 6.45) is 6.94. The van der Waals surface area contributed by atoms with Crippen LogP contribution < -0.4 is 5.32 Å². The Morgan fingerprint density at radius 1 is 1.41 bits per heavy atom. The van der Waals surface area contributed by atoms with Crippen LogP contribution in [0.15, 0.2) is 18.3 Å². The van der Waals surface area contributed by atoms with E-state index in [1.54, 1.807) is 6.20 Å². The number of nitrogens with zero attached hydrogens (tertiary/aromatic N) is 2. The topological polar surface area (TPSA) is 48.7 Å². The number of anilines is 1. The third-order valence-corrected chi connectivity index (χ3v) is 3.63. The largest absolute Gasteiger partial charge is 0.382 e. The Labute approximate surface area is 103 Å². The monoisotopic (exact) mass is 229 g/mol. The highest BCUT2D eigenvalue weighted by molar-refractivity contribution is 5.53. The zero-order valence-corrected chi connectivity index (χ0v) is 10.3. The average Bonchev–Trinajstić information content (AvgIpc) is 2.38. The molecule has 0 atom stereocenters. The van der Waals surface area contributed by atoms with E-state index < -0.39 is 0 Å². The molecule has 90 valence electrons. The molecule has 3 heteroatoms. The van der Waals surface area contributed by atoms with Crippen LogP contribution in [0.5, 0.6) is 0 Å². The van der Waals surface area contributed by atoms with Gasteiger partial charge in [0.25, 0.3) is 0 Å². The smallest absolute Gasteiger partial charge is 0.163 e. The molecule has 1 fully saturated rings. The number of aromatic nitrogens is 1. The number of nitriles is 1. The van der Waals surface area contributed by atoms with Crippen LogP contribution in [0.2, 0.25) is 0 Å². The number of hydrogen-bond acceptors (Lipinski definition) is 3. The number of rotatable bonds is 3. The van der Waals surface area contributed by atoms with Crippen molar-refractivity contribution in [1.29, 1.82) is 5.26 Å². The summed E-state index contributed by atoms with van der Waals surface area (Å²) in [5.74, 6) is 1.64. The first-order chi connectivity index (χ1) is 8.29. The SMILES string of the molecule is CC1CCC(CNc2cccnc2C#N)CC1. The average molecular weight is 229 g/mol. The first-order valence-corrected chi connectivity index (χ1v) is 6.38. The molecule has 1 N–H and O–H groups in total. The van der Waals surface area contributed by atoms with Gasteiger partial charge in [0, 0.05) is 12.7 Å². The van der Waals surface area contributed by atoms with E-state index in [4.69, 9.17) is 5.26 Å². The van der Waals surface area contributed by atoms with Gasteiger partial charge in [0.15, 0.2) is 5.69 Å². The number of pyridine rings is 1. The minimum absolute atomic E-state index is 0.497. The van der Waals surface area contributed by atoms with E-state index in [9.17, 15) is 0 Å². The minimum Gasteiger partial charge on any atom is -0.382 e. The summed E-state index contributed by atoms with van der Waals surface area (Å²) in [6.45, 7) is 3.30. The molecule has 1 aromatic rings. The predicted octanol–water partition coefficient (Wildman–Crippen LogP) is 3.19. The van der Waals surface area contributed by atoms with Gasteiger partial charge < -0.3 is 5.32 Å². The molecule has 0 amide bonds. The molecule has 1 aliphatic carbocycles. The van der Waals surface area contributed by atoms with Crippen LogP contribution in [0.4, 0.5) is 5.69 Å². The van der Waals surface area contributed by atoms with Crippen molar-refractivity contribution in [2.75, 3.05) is 11.9 Å². The van der Waals surface area contributed by atoms with Crippen LogP contribution in [0.3, 0.4) is 0 Å². The normalized spacial score (nSPS) is 24.0. The third-order valence-electron chi connectivity index (χ3n) is 3.63. The van der Waals surface area contributed by atoms with E-state index in [-0.39, 0.29) is 0 Å². The van der Waals surface area contributed by atoms with Gasteiger partial charge in [0.05, 0.1) is 5.69 Å². The van der Waals surface area contributed by atoms with Crippen molar-refractivity contribution >= 4 is 5.69 Å².